The van der Waals surface area contributed by atoms with Crippen LogP contribution in [0.15, 0.2) is 78.4 Å². The molecule has 0 amide bonds. The molecule has 0 aliphatic heterocycles. The SMILES string of the molecule is CCC1=Cc2c(-c3cc(C)ccc3C)cccc2C1c1[c]([Zr+2][SiH](C)C)ccc2c1Cc1ccccc1-2.[Cl-].[Cl-]. The van der Waals surface area contributed by atoms with E-state index in [9.17, 15) is 0 Å². The van der Waals surface area contributed by atoms with Gasteiger partial charge >= 0.3 is 230 Å². The van der Waals surface area contributed by atoms with Gasteiger partial charge in [0.15, 0.2) is 0 Å². The van der Waals surface area contributed by atoms with Crippen molar-refractivity contribution in [2.24, 2.45) is 0 Å². The molecule has 2 aliphatic rings. The minimum Gasteiger partial charge on any atom is -1.00 e. The van der Waals surface area contributed by atoms with Gasteiger partial charge in [0, 0.05) is 0 Å². The third-order valence-electron chi connectivity index (χ3n) is 8.01. The number of allylic oxidation sites excluding steroid dienone is 1. The van der Waals surface area contributed by atoms with Crippen molar-refractivity contribution in [2.75, 3.05) is 0 Å². The molecule has 0 spiro atoms. The summed E-state index contributed by atoms with van der Waals surface area (Å²) in [5.74, 6) is -0.201. The van der Waals surface area contributed by atoms with Crippen molar-refractivity contribution in [2.45, 2.75) is 52.6 Å². The maximum Gasteiger partial charge on any atom is -1.00 e. The van der Waals surface area contributed by atoms with Gasteiger partial charge in [-0.15, -0.1) is 0 Å². The Morgan fingerprint density at radius 3 is 2.34 bits per heavy atom. The Labute approximate surface area is 252 Å². The fraction of sp³-hybridized carbons (Fsp3) is 0.235. The molecule has 0 aromatic heterocycles. The largest absolute Gasteiger partial charge is 1.00 e. The molecule has 1 atom stereocenters. The zero-order valence-electron chi connectivity index (χ0n) is 22.8. The van der Waals surface area contributed by atoms with Gasteiger partial charge in [-0.2, -0.15) is 0 Å². The summed E-state index contributed by atoms with van der Waals surface area (Å²) in [4.78, 5) is 0. The fourth-order valence-electron chi connectivity index (χ4n) is 6.37. The van der Waals surface area contributed by atoms with E-state index < -0.39 is 28.3 Å². The average Bonchev–Trinajstić information content (AvgIpc) is 3.43. The Hall–Kier alpha value is -1.70. The molecule has 0 saturated carbocycles. The van der Waals surface area contributed by atoms with Gasteiger partial charge in [-0.05, 0) is 0 Å². The molecule has 0 nitrogen and oxygen atoms in total. The maximum absolute atomic E-state index is 2.57. The molecule has 0 fully saturated rings. The van der Waals surface area contributed by atoms with Gasteiger partial charge in [-0.25, -0.2) is 0 Å². The Morgan fingerprint density at radius 1 is 0.816 bits per heavy atom. The molecule has 1 unspecified atom stereocenters. The van der Waals surface area contributed by atoms with Crippen LogP contribution in [0.1, 0.15) is 58.2 Å². The first-order valence-electron chi connectivity index (χ1n) is 13.4. The van der Waals surface area contributed by atoms with E-state index in [2.05, 4.69) is 113 Å². The van der Waals surface area contributed by atoms with E-state index in [1.54, 1.807) is 20.0 Å². The van der Waals surface area contributed by atoms with E-state index in [1.165, 1.54) is 50.1 Å². The summed E-state index contributed by atoms with van der Waals surface area (Å²) in [5, 5.41) is 0. The number of aryl methyl sites for hydroxylation is 2. The summed E-state index contributed by atoms with van der Waals surface area (Å²) >= 11 is -0.570. The molecule has 4 heteroatoms. The molecular formula is C34H34Cl2SiZr. The molecule has 0 N–H and O–H groups in total. The van der Waals surface area contributed by atoms with Gasteiger partial charge in [0.2, 0.25) is 0 Å². The average molecular weight is 633 g/mol. The third kappa shape index (κ3) is 4.99. The smallest absolute Gasteiger partial charge is 1.00 e. The second kappa shape index (κ2) is 11.8. The topological polar surface area (TPSA) is 0 Å². The first-order chi connectivity index (χ1) is 17.5. The first kappa shape index (κ1) is 29.3. The van der Waals surface area contributed by atoms with Crippen LogP contribution in [0, 0.1) is 13.8 Å². The maximum atomic E-state index is 2.57. The zero-order valence-corrected chi connectivity index (χ0v) is 28.0. The second-order valence-electron chi connectivity index (χ2n) is 10.8. The van der Waals surface area contributed by atoms with Crippen molar-refractivity contribution in [1.82, 2.24) is 0 Å². The van der Waals surface area contributed by atoms with Gasteiger partial charge in [-0.3, -0.25) is 0 Å². The summed E-state index contributed by atoms with van der Waals surface area (Å²) in [7, 11) is 0. The Kier molecular flexibility index (Phi) is 9.10. The standard InChI is InChI=1S/C32H27.C2H7Si.2ClH.Zr/c1-4-22-18-30-26(29-17-20(2)15-16-21(29)3)12-8-14-27(30)32(22)28-13-7-11-25-24-10-6-5-9-23(24)19-31(25)28;1-3-2;;;/h5-12,14-18,32H,4,19H2,1-3H3;3H,1-2H3;2*1H;/q;;;;+2/p-2. The van der Waals surface area contributed by atoms with Gasteiger partial charge in [-0.1, -0.05) is 0 Å². The van der Waals surface area contributed by atoms with Crippen molar-refractivity contribution in [3.63, 3.8) is 0 Å². The molecule has 192 valence electrons. The van der Waals surface area contributed by atoms with Crippen molar-refractivity contribution in [3.8, 4) is 22.3 Å². The number of hydrogen-bond acceptors (Lipinski definition) is 0. The number of hydrogen-bond donors (Lipinski definition) is 0. The van der Waals surface area contributed by atoms with Crippen LogP contribution in [-0.2, 0) is 28.8 Å². The minimum atomic E-state index is -0.607. The zero-order chi connectivity index (χ0) is 25.0. The fourth-order valence-corrected chi connectivity index (χ4v) is 14.6. The molecule has 0 bridgehead atoms. The van der Waals surface area contributed by atoms with Crippen LogP contribution in [0.5, 0.6) is 0 Å². The van der Waals surface area contributed by atoms with Gasteiger partial charge < -0.3 is 24.8 Å². The van der Waals surface area contributed by atoms with Crippen molar-refractivity contribution in [3.05, 3.63) is 117 Å². The molecule has 0 radical (unpaired) electrons. The molecule has 38 heavy (non-hydrogen) atoms. The minimum absolute atomic E-state index is 0. The molecule has 4 aromatic carbocycles. The van der Waals surface area contributed by atoms with Crippen LogP contribution >= 0.6 is 0 Å². The van der Waals surface area contributed by atoms with E-state index in [0.717, 1.165) is 12.8 Å². The van der Waals surface area contributed by atoms with Crippen LogP contribution in [0.3, 0.4) is 0 Å². The summed E-state index contributed by atoms with van der Waals surface area (Å²) in [5.41, 5.74) is 17.8. The summed E-state index contributed by atoms with van der Waals surface area (Å²) in [6, 6.07) is 28.1. The van der Waals surface area contributed by atoms with E-state index in [0.29, 0.717) is 5.92 Å². The normalized spacial score (nSPS) is 14.6. The predicted octanol–water partition coefficient (Wildman–Crippen LogP) is 2.18. The van der Waals surface area contributed by atoms with Crippen LogP contribution < -0.4 is 28.1 Å². The molecule has 0 heterocycles. The summed E-state index contributed by atoms with van der Waals surface area (Å²) < 4.78 is 1.76. The van der Waals surface area contributed by atoms with Crippen molar-refractivity contribution < 1.29 is 47.2 Å². The van der Waals surface area contributed by atoms with Crippen LogP contribution in [0.2, 0.25) is 13.1 Å². The molecule has 4 aromatic rings. The summed E-state index contributed by atoms with van der Waals surface area (Å²) in [6.45, 7) is 12.0. The Bertz CT molecular complexity index is 1540. The van der Waals surface area contributed by atoms with Gasteiger partial charge in [0.05, 0.1) is 0 Å². The number of benzene rings is 4. The van der Waals surface area contributed by atoms with Crippen LogP contribution in [0.25, 0.3) is 28.3 Å². The van der Waals surface area contributed by atoms with Crippen molar-refractivity contribution >= 4 is 15.3 Å². The first-order valence-corrected chi connectivity index (χ1v) is 21.7. The van der Waals surface area contributed by atoms with Crippen LogP contribution in [0.4, 0.5) is 0 Å². The van der Waals surface area contributed by atoms with E-state index >= 15 is 0 Å². The third-order valence-corrected chi connectivity index (χ3v) is 16.5. The Balaban J connectivity index is 0.00000168. The monoisotopic (exact) mass is 630 g/mol. The molecular weight excluding hydrogens is 599 g/mol. The van der Waals surface area contributed by atoms with Crippen molar-refractivity contribution in [1.29, 1.82) is 0 Å². The quantitative estimate of drug-likeness (QED) is 0.261. The van der Waals surface area contributed by atoms with E-state index in [1.807, 2.05) is 0 Å². The molecule has 2 aliphatic carbocycles. The Morgan fingerprint density at radius 2 is 1.58 bits per heavy atom. The molecule has 6 rings (SSSR count). The molecule has 0 saturated heterocycles. The number of fused-ring (bicyclic) bond motifs is 4. The van der Waals surface area contributed by atoms with E-state index in [-0.39, 0.29) is 24.8 Å². The van der Waals surface area contributed by atoms with Gasteiger partial charge in [0.25, 0.3) is 0 Å². The predicted molar refractivity (Wildman–Crippen MR) is 155 cm³/mol. The second-order valence-corrected chi connectivity index (χ2v) is 25.4. The number of halogens is 2. The number of rotatable bonds is 5. The van der Waals surface area contributed by atoms with Gasteiger partial charge in [0.1, 0.15) is 0 Å². The van der Waals surface area contributed by atoms with E-state index in [4.69, 9.17) is 0 Å². The van der Waals surface area contributed by atoms with Crippen LogP contribution in [-0.4, -0.2) is 5.92 Å². The summed E-state index contributed by atoms with van der Waals surface area (Å²) in [6.07, 6.45) is 4.75.